The summed E-state index contributed by atoms with van der Waals surface area (Å²) < 4.78 is 0. The fourth-order valence-electron chi connectivity index (χ4n) is 4.52. The molecule has 5 atom stereocenters. The third-order valence-electron chi connectivity index (χ3n) is 7.08. The van der Waals surface area contributed by atoms with Crippen LogP contribution in [0.5, 0.6) is 5.75 Å². The molecule has 2 aromatic rings. The number of hydrogen-bond donors (Lipinski definition) is 6. The summed E-state index contributed by atoms with van der Waals surface area (Å²) in [4.78, 5) is 51.6. The van der Waals surface area contributed by atoms with Gasteiger partial charge in [-0.25, -0.2) is 4.79 Å². The number of carboxylic acid groups (broad SMARTS) is 1. The Morgan fingerprint density at radius 3 is 2.13 bits per heavy atom. The molecule has 10 heteroatoms. The van der Waals surface area contributed by atoms with Gasteiger partial charge in [-0.15, -0.1) is 0 Å². The van der Waals surface area contributed by atoms with Crippen LogP contribution >= 0.6 is 0 Å². The average molecular weight is 539 g/mol. The van der Waals surface area contributed by atoms with Crippen molar-refractivity contribution < 1.29 is 29.4 Å². The van der Waals surface area contributed by atoms with E-state index in [1.807, 2.05) is 37.3 Å². The first kappa shape index (κ1) is 29.6. The molecule has 0 spiro atoms. The number of carboxylic acids is 1. The maximum absolute atomic E-state index is 13.5. The Kier molecular flexibility index (Phi) is 10.9. The van der Waals surface area contributed by atoms with E-state index in [2.05, 4.69) is 21.3 Å². The lowest BCUT2D eigenvalue weighted by molar-refractivity contribution is -0.142. The number of phenolic OH excluding ortho intramolecular Hbond substituents is 1. The molecular formula is C29H38N4O6. The lowest BCUT2D eigenvalue weighted by Gasteiger charge is -2.28. The van der Waals surface area contributed by atoms with E-state index in [9.17, 15) is 29.4 Å². The molecule has 1 aliphatic rings. The number of aromatic hydroxyl groups is 1. The summed E-state index contributed by atoms with van der Waals surface area (Å²) in [6.45, 7) is 4.41. The molecule has 0 aliphatic carbocycles. The summed E-state index contributed by atoms with van der Waals surface area (Å²) in [6.07, 6.45) is 2.34. The molecule has 39 heavy (non-hydrogen) atoms. The van der Waals surface area contributed by atoms with Crippen LogP contribution in [-0.4, -0.2) is 64.6 Å². The lowest BCUT2D eigenvalue weighted by atomic mass is 9.96. The van der Waals surface area contributed by atoms with Gasteiger partial charge in [0.15, 0.2) is 0 Å². The molecular weight excluding hydrogens is 500 g/mol. The van der Waals surface area contributed by atoms with Gasteiger partial charge in [-0.1, -0.05) is 62.7 Å². The third-order valence-corrected chi connectivity index (χ3v) is 7.08. The standard InChI is InChI=1S/C29H38N4O6/c1-3-18(2)25(28(37)32-24(29(38)39)17-20-11-13-21(34)14-12-20)33-27(36)23(16-19-8-5-4-6-9-19)31-26(35)22-10-7-15-30-22/h4-6,8-9,11-14,18,22-25,30,34H,3,7,10,15-17H2,1-2H3,(H,31,35)(H,32,37)(H,33,36)(H,38,39). The van der Waals surface area contributed by atoms with Crippen molar-refractivity contribution in [1.82, 2.24) is 21.3 Å². The largest absolute Gasteiger partial charge is 0.508 e. The van der Waals surface area contributed by atoms with Crippen LogP contribution in [0.2, 0.25) is 0 Å². The van der Waals surface area contributed by atoms with Crippen molar-refractivity contribution in [3.63, 3.8) is 0 Å². The number of aliphatic carboxylic acids is 1. The monoisotopic (exact) mass is 538 g/mol. The van der Waals surface area contributed by atoms with Crippen molar-refractivity contribution in [2.75, 3.05) is 6.54 Å². The highest BCUT2D eigenvalue weighted by molar-refractivity contribution is 5.94. The number of amides is 3. The van der Waals surface area contributed by atoms with Crippen LogP contribution in [0.15, 0.2) is 54.6 Å². The first-order chi connectivity index (χ1) is 18.7. The zero-order valence-electron chi connectivity index (χ0n) is 22.4. The fourth-order valence-corrected chi connectivity index (χ4v) is 4.52. The Labute approximate surface area is 228 Å². The highest BCUT2D eigenvalue weighted by Crippen LogP contribution is 2.14. The zero-order chi connectivity index (χ0) is 28.4. The Balaban J connectivity index is 1.75. The van der Waals surface area contributed by atoms with E-state index >= 15 is 0 Å². The van der Waals surface area contributed by atoms with Gasteiger partial charge in [0.2, 0.25) is 17.7 Å². The van der Waals surface area contributed by atoms with Gasteiger partial charge in [0.25, 0.3) is 0 Å². The molecule has 1 heterocycles. The molecule has 2 aromatic carbocycles. The Morgan fingerprint density at radius 1 is 0.897 bits per heavy atom. The van der Waals surface area contributed by atoms with Gasteiger partial charge in [-0.2, -0.15) is 0 Å². The van der Waals surface area contributed by atoms with E-state index in [1.54, 1.807) is 19.1 Å². The number of nitrogens with one attached hydrogen (secondary N) is 4. The van der Waals surface area contributed by atoms with Crippen LogP contribution in [0.25, 0.3) is 0 Å². The van der Waals surface area contributed by atoms with Crippen molar-refractivity contribution in [3.05, 3.63) is 65.7 Å². The van der Waals surface area contributed by atoms with Gasteiger partial charge in [-0.05, 0) is 48.6 Å². The second-order valence-corrected chi connectivity index (χ2v) is 10.0. The lowest BCUT2D eigenvalue weighted by Crippen LogP contribution is -2.59. The second-order valence-electron chi connectivity index (χ2n) is 10.0. The van der Waals surface area contributed by atoms with Crippen molar-refractivity contribution in [2.45, 2.75) is 70.1 Å². The number of hydrogen-bond acceptors (Lipinski definition) is 6. The van der Waals surface area contributed by atoms with Crippen molar-refractivity contribution >= 4 is 23.7 Å². The van der Waals surface area contributed by atoms with Gasteiger partial charge < -0.3 is 31.5 Å². The first-order valence-electron chi connectivity index (χ1n) is 13.4. The van der Waals surface area contributed by atoms with E-state index in [0.717, 1.165) is 18.5 Å². The van der Waals surface area contributed by atoms with Crippen molar-refractivity contribution in [1.29, 1.82) is 0 Å². The van der Waals surface area contributed by atoms with Crippen LogP contribution in [0, 0.1) is 5.92 Å². The summed E-state index contributed by atoms with van der Waals surface area (Å²) in [6, 6.07) is 11.8. The van der Waals surface area contributed by atoms with E-state index in [4.69, 9.17) is 0 Å². The maximum atomic E-state index is 13.5. The quantitative estimate of drug-likeness (QED) is 0.226. The summed E-state index contributed by atoms with van der Waals surface area (Å²) in [7, 11) is 0. The van der Waals surface area contributed by atoms with Gasteiger partial charge in [-0.3, -0.25) is 14.4 Å². The first-order valence-corrected chi connectivity index (χ1v) is 13.4. The molecule has 0 aromatic heterocycles. The Hall–Kier alpha value is -3.92. The predicted octanol–water partition coefficient (Wildman–Crippen LogP) is 1.51. The number of carbonyl (C=O) groups is 4. The van der Waals surface area contributed by atoms with E-state index in [1.165, 1.54) is 12.1 Å². The minimum Gasteiger partial charge on any atom is -0.508 e. The summed E-state index contributed by atoms with van der Waals surface area (Å²) >= 11 is 0. The molecule has 0 radical (unpaired) electrons. The topological polar surface area (TPSA) is 157 Å². The van der Waals surface area contributed by atoms with Crippen LogP contribution in [0.3, 0.4) is 0 Å². The average Bonchev–Trinajstić information content (AvgIpc) is 3.47. The zero-order valence-corrected chi connectivity index (χ0v) is 22.4. The van der Waals surface area contributed by atoms with Crippen LogP contribution in [0.1, 0.15) is 44.2 Å². The molecule has 6 N–H and O–H groups in total. The smallest absolute Gasteiger partial charge is 0.326 e. The summed E-state index contributed by atoms with van der Waals surface area (Å²) in [5, 5.41) is 30.6. The molecule has 3 amide bonds. The molecule has 0 saturated carbocycles. The molecule has 1 saturated heterocycles. The van der Waals surface area contributed by atoms with E-state index in [0.29, 0.717) is 18.4 Å². The van der Waals surface area contributed by atoms with Crippen LogP contribution < -0.4 is 21.3 Å². The molecule has 3 rings (SSSR count). The number of carbonyl (C=O) groups excluding carboxylic acids is 3. The normalized spacial score (nSPS) is 17.8. The summed E-state index contributed by atoms with van der Waals surface area (Å²) in [5.74, 6) is -2.88. The SMILES string of the molecule is CCC(C)C(NC(=O)C(Cc1ccccc1)NC(=O)C1CCCN1)C(=O)NC(Cc1ccc(O)cc1)C(=O)O. The van der Waals surface area contributed by atoms with Crippen LogP contribution in [-0.2, 0) is 32.0 Å². The second kappa shape index (κ2) is 14.3. The minimum atomic E-state index is -1.24. The molecule has 210 valence electrons. The number of benzene rings is 2. The molecule has 10 nitrogen and oxygen atoms in total. The number of rotatable bonds is 13. The summed E-state index contributed by atoms with van der Waals surface area (Å²) in [5.41, 5.74) is 1.47. The predicted molar refractivity (Wildman–Crippen MR) is 146 cm³/mol. The molecule has 0 bridgehead atoms. The van der Waals surface area contributed by atoms with Gasteiger partial charge >= 0.3 is 5.97 Å². The fraction of sp³-hybridized carbons (Fsp3) is 0.448. The van der Waals surface area contributed by atoms with Gasteiger partial charge in [0.05, 0.1) is 6.04 Å². The maximum Gasteiger partial charge on any atom is 0.326 e. The van der Waals surface area contributed by atoms with Crippen molar-refractivity contribution in [2.24, 2.45) is 5.92 Å². The van der Waals surface area contributed by atoms with E-state index < -0.39 is 35.9 Å². The Morgan fingerprint density at radius 2 is 1.54 bits per heavy atom. The Bertz CT molecular complexity index is 1120. The highest BCUT2D eigenvalue weighted by Gasteiger charge is 2.33. The number of phenols is 1. The molecule has 1 fully saturated rings. The van der Waals surface area contributed by atoms with Crippen molar-refractivity contribution in [3.8, 4) is 5.75 Å². The highest BCUT2D eigenvalue weighted by atomic mass is 16.4. The third kappa shape index (κ3) is 8.81. The minimum absolute atomic E-state index is 0.00358. The molecule has 5 unspecified atom stereocenters. The van der Waals surface area contributed by atoms with Gasteiger partial charge in [0, 0.05) is 12.8 Å². The van der Waals surface area contributed by atoms with Crippen LogP contribution in [0.4, 0.5) is 0 Å². The van der Waals surface area contributed by atoms with Gasteiger partial charge in [0.1, 0.15) is 23.9 Å². The molecule has 1 aliphatic heterocycles. The van der Waals surface area contributed by atoms with E-state index in [-0.39, 0.29) is 36.5 Å².